The van der Waals surface area contributed by atoms with Crippen LogP contribution >= 0.6 is 0 Å². The third-order valence-corrected chi connectivity index (χ3v) is 4.88. The zero-order chi connectivity index (χ0) is 25.8. The van der Waals surface area contributed by atoms with E-state index in [0.717, 1.165) is 22.4 Å². The van der Waals surface area contributed by atoms with E-state index in [4.69, 9.17) is 14.2 Å². The number of benzene rings is 2. The van der Waals surface area contributed by atoms with E-state index in [2.05, 4.69) is 21.2 Å². The van der Waals surface area contributed by atoms with Gasteiger partial charge in [-0.15, -0.1) is 0 Å². The van der Waals surface area contributed by atoms with Crippen molar-refractivity contribution in [3.8, 4) is 11.5 Å². The first kappa shape index (κ1) is 27.3. The van der Waals surface area contributed by atoms with Crippen LogP contribution in [0.4, 0.5) is 5.69 Å². The molecule has 0 saturated carbocycles. The summed E-state index contributed by atoms with van der Waals surface area (Å²) in [6.45, 7) is 6.50. The number of hydrazone groups is 1. The molecule has 3 amide bonds. The maximum absolute atomic E-state index is 12.4. The molecule has 0 atom stereocenters. The molecule has 2 aromatic carbocycles. The third kappa shape index (κ3) is 8.74. The van der Waals surface area contributed by atoms with E-state index in [-0.39, 0.29) is 12.5 Å². The lowest BCUT2D eigenvalue weighted by molar-refractivity contribution is -0.139. The number of carbonyl (C=O) groups is 3. The largest absolute Gasteiger partial charge is 0.493 e. The van der Waals surface area contributed by atoms with Crippen molar-refractivity contribution in [2.75, 3.05) is 39.3 Å². The fourth-order valence-electron chi connectivity index (χ4n) is 3.29. The topological polar surface area (TPSA) is 127 Å². The molecule has 0 aliphatic rings. The summed E-state index contributed by atoms with van der Waals surface area (Å²) in [5.74, 6) is -1.20. The minimum atomic E-state index is -0.879. The van der Waals surface area contributed by atoms with Crippen LogP contribution in [0.5, 0.6) is 11.5 Å². The molecule has 0 radical (unpaired) electrons. The van der Waals surface area contributed by atoms with Crippen LogP contribution in [0, 0.1) is 20.8 Å². The monoisotopic (exact) mass is 484 g/mol. The van der Waals surface area contributed by atoms with Crippen molar-refractivity contribution in [3.63, 3.8) is 0 Å². The molecule has 10 nitrogen and oxygen atoms in total. The number of amides is 3. The first-order chi connectivity index (χ1) is 16.7. The maximum atomic E-state index is 12.4. The van der Waals surface area contributed by atoms with Gasteiger partial charge in [-0.1, -0.05) is 17.7 Å². The first-order valence-corrected chi connectivity index (χ1v) is 11.0. The Morgan fingerprint density at radius 1 is 0.971 bits per heavy atom. The van der Waals surface area contributed by atoms with Gasteiger partial charge in [0.15, 0.2) is 18.1 Å². The summed E-state index contributed by atoms with van der Waals surface area (Å²) < 4.78 is 15.8. The number of ether oxygens (including phenoxy) is 3. The van der Waals surface area contributed by atoms with Crippen LogP contribution in [0.25, 0.3) is 0 Å². The van der Waals surface area contributed by atoms with Crippen LogP contribution < -0.4 is 25.5 Å². The summed E-state index contributed by atoms with van der Waals surface area (Å²) in [7, 11) is 3.03. The van der Waals surface area contributed by atoms with Crippen molar-refractivity contribution >= 4 is 29.6 Å². The van der Waals surface area contributed by atoms with Crippen LogP contribution in [-0.2, 0) is 19.1 Å². The number of anilines is 1. The van der Waals surface area contributed by atoms with Crippen molar-refractivity contribution in [1.82, 2.24) is 10.7 Å². The van der Waals surface area contributed by atoms with Gasteiger partial charge in [0.1, 0.15) is 0 Å². The predicted octanol–water partition coefficient (Wildman–Crippen LogP) is 2.24. The summed E-state index contributed by atoms with van der Waals surface area (Å²) >= 11 is 0. The highest BCUT2D eigenvalue weighted by Gasteiger charge is 2.13. The zero-order valence-corrected chi connectivity index (χ0v) is 20.7. The van der Waals surface area contributed by atoms with Gasteiger partial charge >= 0.3 is 11.8 Å². The first-order valence-electron chi connectivity index (χ1n) is 11.0. The van der Waals surface area contributed by atoms with E-state index in [1.807, 2.05) is 32.9 Å². The Balaban J connectivity index is 1.90. The second kappa shape index (κ2) is 13.7. The standard InChI is InChI=1S/C25H32N4O6/c1-16-11-17(2)23(18(3)12-16)28-22(30)15-35-20-8-7-19(13-21(20)34-5)14-27-29-25(32)24(31)26-9-6-10-33-4/h7-8,11-14H,6,9-10,15H2,1-5H3,(H,26,31)(H,28,30)(H,29,32)/b27-14-. The molecule has 2 aromatic rings. The van der Waals surface area contributed by atoms with E-state index in [1.165, 1.54) is 13.3 Å². The number of hydrogen-bond acceptors (Lipinski definition) is 7. The van der Waals surface area contributed by atoms with Crippen molar-refractivity contribution in [1.29, 1.82) is 0 Å². The fraction of sp³-hybridized carbons (Fsp3) is 0.360. The summed E-state index contributed by atoms with van der Waals surface area (Å²) in [5, 5.41) is 9.14. The van der Waals surface area contributed by atoms with E-state index in [1.54, 1.807) is 25.3 Å². The molecule has 0 bridgehead atoms. The zero-order valence-electron chi connectivity index (χ0n) is 20.7. The van der Waals surface area contributed by atoms with Crippen LogP contribution in [0.3, 0.4) is 0 Å². The minimum Gasteiger partial charge on any atom is -0.493 e. The van der Waals surface area contributed by atoms with Gasteiger partial charge < -0.3 is 24.8 Å². The van der Waals surface area contributed by atoms with Gasteiger partial charge in [-0.25, -0.2) is 5.43 Å². The van der Waals surface area contributed by atoms with Crippen molar-refractivity contribution in [2.45, 2.75) is 27.2 Å². The molecule has 0 fully saturated rings. The lowest BCUT2D eigenvalue weighted by atomic mass is 10.1. The van der Waals surface area contributed by atoms with Gasteiger partial charge in [-0.3, -0.25) is 14.4 Å². The van der Waals surface area contributed by atoms with Crippen LogP contribution in [0.15, 0.2) is 35.4 Å². The average molecular weight is 485 g/mol. The van der Waals surface area contributed by atoms with E-state index >= 15 is 0 Å². The van der Waals surface area contributed by atoms with Crippen LogP contribution in [-0.4, -0.2) is 57.9 Å². The Kier molecular flexibility index (Phi) is 10.7. The number of aryl methyl sites for hydroxylation is 3. The number of carbonyl (C=O) groups excluding carboxylic acids is 3. The molecule has 0 heterocycles. The van der Waals surface area contributed by atoms with Gasteiger partial charge in [0.2, 0.25) is 0 Å². The molecule has 0 aromatic heterocycles. The van der Waals surface area contributed by atoms with Crippen molar-refractivity contribution in [3.05, 3.63) is 52.6 Å². The summed E-state index contributed by atoms with van der Waals surface area (Å²) in [6, 6.07) is 8.93. The highest BCUT2D eigenvalue weighted by molar-refractivity contribution is 6.35. The van der Waals surface area contributed by atoms with E-state index in [9.17, 15) is 14.4 Å². The van der Waals surface area contributed by atoms with E-state index in [0.29, 0.717) is 36.6 Å². The molecule has 10 heteroatoms. The predicted molar refractivity (Wildman–Crippen MR) is 133 cm³/mol. The second-order valence-electron chi connectivity index (χ2n) is 7.82. The normalized spacial score (nSPS) is 10.7. The summed E-state index contributed by atoms with van der Waals surface area (Å²) in [4.78, 5) is 35.9. The number of nitrogens with one attached hydrogen (secondary N) is 3. The Morgan fingerprint density at radius 3 is 2.34 bits per heavy atom. The molecule has 2 rings (SSSR count). The lowest BCUT2D eigenvalue weighted by Crippen LogP contribution is -2.38. The molecular weight excluding hydrogens is 452 g/mol. The summed E-state index contributed by atoms with van der Waals surface area (Å²) in [5.41, 5.74) is 6.61. The molecule has 0 saturated heterocycles. The SMILES string of the molecule is COCCCNC(=O)C(=O)N/N=C\c1ccc(OCC(=O)Nc2c(C)cc(C)cc2C)c(OC)c1. The minimum absolute atomic E-state index is 0.202. The van der Waals surface area contributed by atoms with E-state index < -0.39 is 11.8 Å². The van der Waals surface area contributed by atoms with Crippen LogP contribution in [0.1, 0.15) is 28.7 Å². The molecule has 0 aliphatic carbocycles. The Hall–Kier alpha value is -3.92. The van der Waals surface area contributed by atoms with Crippen molar-refractivity contribution < 1.29 is 28.6 Å². The van der Waals surface area contributed by atoms with Gasteiger partial charge in [0.25, 0.3) is 5.91 Å². The third-order valence-electron chi connectivity index (χ3n) is 4.88. The highest BCUT2D eigenvalue weighted by Crippen LogP contribution is 2.28. The smallest absolute Gasteiger partial charge is 0.329 e. The quantitative estimate of drug-likeness (QED) is 0.194. The number of rotatable bonds is 11. The number of methoxy groups -OCH3 is 2. The number of hydrogen-bond donors (Lipinski definition) is 3. The molecule has 0 aliphatic heterocycles. The van der Waals surface area contributed by atoms with Crippen molar-refractivity contribution in [2.24, 2.45) is 5.10 Å². The lowest BCUT2D eigenvalue weighted by Gasteiger charge is -2.14. The Morgan fingerprint density at radius 2 is 1.69 bits per heavy atom. The van der Waals surface area contributed by atoms with Gasteiger partial charge in [-0.05, 0) is 62.1 Å². The molecular formula is C25H32N4O6. The summed E-state index contributed by atoms with van der Waals surface area (Å²) in [6.07, 6.45) is 1.96. The van der Waals surface area contributed by atoms with Gasteiger partial charge in [-0.2, -0.15) is 5.10 Å². The Labute approximate surface area is 205 Å². The fourth-order valence-corrected chi connectivity index (χ4v) is 3.29. The molecule has 0 unspecified atom stereocenters. The second-order valence-corrected chi connectivity index (χ2v) is 7.82. The molecule has 188 valence electrons. The van der Waals surface area contributed by atoms with Gasteiger partial charge in [0.05, 0.1) is 13.3 Å². The van der Waals surface area contributed by atoms with Crippen LogP contribution in [0.2, 0.25) is 0 Å². The van der Waals surface area contributed by atoms with Gasteiger partial charge in [0, 0.05) is 25.9 Å². The number of nitrogens with zero attached hydrogens (tertiary/aromatic N) is 1. The Bertz CT molecular complexity index is 1060. The maximum Gasteiger partial charge on any atom is 0.329 e. The molecule has 3 N–H and O–H groups in total. The molecule has 35 heavy (non-hydrogen) atoms. The average Bonchev–Trinajstić information content (AvgIpc) is 2.82. The highest BCUT2D eigenvalue weighted by atomic mass is 16.5. The molecule has 0 spiro atoms.